The number of amides is 1. The second-order valence-corrected chi connectivity index (χ2v) is 7.09. The van der Waals surface area contributed by atoms with Gasteiger partial charge in [0.1, 0.15) is 5.82 Å². The van der Waals surface area contributed by atoms with E-state index >= 15 is 0 Å². The van der Waals surface area contributed by atoms with Gasteiger partial charge in [-0.15, -0.1) is 0 Å². The minimum Gasteiger partial charge on any atom is -0.349 e. The van der Waals surface area contributed by atoms with Gasteiger partial charge in [0.25, 0.3) is 0 Å². The van der Waals surface area contributed by atoms with Gasteiger partial charge < -0.3 is 4.90 Å². The van der Waals surface area contributed by atoms with Crippen LogP contribution in [-0.2, 0) is 17.4 Å². The van der Waals surface area contributed by atoms with E-state index in [0.717, 1.165) is 12.1 Å². The van der Waals surface area contributed by atoms with Crippen LogP contribution >= 0.6 is 11.6 Å². The van der Waals surface area contributed by atoms with Gasteiger partial charge in [-0.2, -0.15) is 18.2 Å². The Morgan fingerprint density at radius 2 is 1.77 bits per heavy atom. The molecule has 0 aliphatic carbocycles. The lowest BCUT2D eigenvalue weighted by atomic mass is 10.1. The Balaban J connectivity index is 2.01. The molecule has 0 aliphatic rings. The molecule has 1 amide bonds. The van der Waals surface area contributed by atoms with Crippen molar-refractivity contribution in [2.45, 2.75) is 12.6 Å². The molecule has 10 heteroatoms. The summed E-state index contributed by atoms with van der Waals surface area (Å²) in [7, 11) is 3.27. The smallest absolute Gasteiger partial charge is 0.349 e. The van der Waals surface area contributed by atoms with Crippen molar-refractivity contribution in [3.05, 3.63) is 69.1 Å². The number of nitrogens with zero attached hydrogens (tertiary/aromatic N) is 3. The summed E-state index contributed by atoms with van der Waals surface area (Å²) in [5.41, 5.74) is -0.291. The van der Waals surface area contributed by atoms with Gasteiger partial charge in [-0.05, 0) is 29.8 Å². The number of carbonyl (C=O) groups is 1. The number of benzene rings is 2. The number of likely N-dealkylation sites (N-methyl/N-ethyl adjacent to an activating group) is 1. The standard InChI is InChI=1S/C20H16ClF3N4O2/c1-28(2)16(29)10-11-3-8-15(21)14(9-11)18-25-17(26-19(30)27-18)12-4-6-13(7-5-12)20(22,23)24/h3-9H,10H2,1-2H3,(H,25,26,27,30). The molecule has 30 heavy (non-hydrogen) atoms. The maximum atomic E-state index is 12.8. The molecule has 0 saturated heterocycles. The predicted molar refractivity (Wildman–Crippen MR) is 106 cm³/mol. The molecule has 3 rings (SSSR count). The van der Waals surface area contributed by atoms with Gasteiger partial charge in [0.05, 0.1) is 17.0 Å². The zero-order chi connectivity index (χ0) is 22.1. The number of H-pyrrole nitrogens is 1. The minimum absolute atomic E-state index is 0.0479. The molecule has 6 nitrogen and oxygen atoms in total. The highest BCUT2D eigenvalue weighted by atomic mass is 35.5. The van der Waals surface area contributed by atoms with Crippen molar-refractivity contribution < 1.29 is 18.0 Å². The van der Waals surface area contributed by atoms with Crippen molar-refractivity contribution in [3.8, 4) is 22.8 Å². The predicted octanol–water partition coefficient (Wildman–Crippen LogP) is 3.80. The first-order valence-corrected chi connectivity index (χ1v) is 9.07. The molecule has 0 spiro atoms. The molecule has 0 saturated carbocycles. The minimum atomic E-state index is -4.48. The fraction of sp³-hybridized carbons (Fsp3) is 0.200. The fourth-order valence-electron chi connectivity index (χ4n) is 2.65. The highest BCUT2D eigenvalue weighted by molar-refractivity contribution is 6.33. The van der Waals surface area contributed by atoms with Crippen LogP contribution in [-0.4, -0.2) is 39.9 Å². The van der Waals surface area contributed by atoms with Crippen LogP contribution in [0, 0.1) is 0 Å². The molecule has 0 unspecified atom stereocenters. The third-order valence-corrected chi connectivity index (χ3v) is 4.59. The van der Waals surface area contributed by atoms with E-state index in [9.17, 15) is 22.8 Å². The molecule has 3 aromatic rings. The number of hydrogen-bond acceptors (Lipinski definition) is 4. The Morgan fingerprint density at radius 3 is 2.37 bits per heavy atom. The van der Waals surface area contributed by atoms with Crippen LogP contribution < -0.4 is 5.69 Å². The topological polar surface area (TPSA) is 79.0 Å². The largest absolute Gasteiger partial charge is 0.416 e. The molecular formula is C20H16ClF3N4O2. The lowest BCUT2D eigenvalue weighted by Gasteiger charge is -2.12. The first kappa shape index (κ1) is 21.5. The summed E-state index contributed by atoms with van der Waals surface area (Å²) in [4.78, 5) is 35.9. The molecule has 0 bridgehead atoms. The van der Waals surface area contributed by atoms with Crippen LogP contribution in [0.25, 0.3) is 22.8 Å². The number of carbonyl (C=O) groups excluding carboxylic acids is 1. The second kappa shape index (κ2) is 8.27. The van der Waals surface area contributed by atoms with E-state index in [1.807, 2.05) is 0 Å². The number of halogens is 4. The first-order valence-electron chi connectivity index (χ1n) is 8.69. The second-order valence-electron chi connectivity index (χ2n) is 6.68. The van der Waals surface area contributed by atoms with Gasteiger partial charge >= 0.3 is 11.9 Å². The van der Waals surface area contributed by atoms with Gasteiger partial charge in [-0.1, -0.05) is 29.8 Å². The van der Waals surface area contributed by atoms with E-state index in [2.05, 4.69) is 15.0 Å². The summed E-state index contributed by atoms with van der Waals surface area (Å²) in [6, 6.07) is 9.04. The van der Waals surface area contributed by atoms with Crippen molar-refractivity contribution in [2.75, 3.05) is 14.1 Å². The van der Waals surface area contributed by atoms with Crippen molar-refractivity contribution in [1.29, 1.82) is 0 Å². The summed E-state index contributed by atoms with van der Waals surface area (Å²) in [6.07, 6.45) is -4.35. The van der Waals surface area contributed by atoms with Crippen LogP contribution in [0.3, 0.4) is 0 Å². The average Bonchev–Trinajstić information content (AvgIpc) is 2.68. The molecule has 1 N–H and O–H groups in total. The number of hydrogen-bond donors (Lipinski definition) is 1. The van der Waals surface area contributed by atoms with Crippen LogP contribution in [0.15, 0.2) is 47.3 Å². The number of alkyl halides is 3. The van der Waals surface area contributed by atoms with E-state index in [-0.39, 0.29) is 34.6 Å². The third-order valence-electron chi connectivity index (χ3n) is 4.26. The van der Waals surface area contributed by atoms with Gasteiger partial charge in [0, 0.05) is 25.2 Å². The van der Waals surface area contributed by atoms with E-state index < -0.39 is 17.4 Å². The maximum Gasteiger partial charge on any atom is 0.416 e. The average molecular weight is 437 g/mol. The lowest BCUT2D eigenvalue weighted by molar-refractivity contribution is -0.137. The summed E-state index contributed by atoms with van der Waals surface area (Å²) < 4.78 is 38.3. The van der Waals surface area contributed by atoms with E-state index in [0.29, 0.717) is 11.1 Å². The number of aromatic amines is 1. The van der Waals surface area contributed by atoms with Crippen molar-refractivity contribution in [2.24, 2.45) is 0 Å². The normalized spacial score (nSPS) is 11.4. The monoisotopic (exact) mass is 436 g/mol. The zero-order valence-corrected chi connectivity index (χ0v) is 16.7. The maximum absolute atomic E-state index is 12.8. The van der Waals surface area contributed by atoms with Crippen molar-refractivity contribution in [1.82, 2.24) is 19.9 Å². The Kier molecular flexibility index (Phi) is 5.93. The van der Waals surface area contributed by atoms with E-state index in [1.165, 1.54) is 17.0 Å². The van der Waals surface area contributed by atoms with Crippen LogP contribution in [0.4, 0.5) is 13.2 Å². The first-order chi connectivity index (χ1) is 14.0. The molecule has 156 valence electrons. The molecule has 1 aromatic heterocycles. The Morgan fingerprint density at radius 1 is 1.10 bits per heavy atom. The zero-order valence-electron chi connectivity index (χ0n) is 15.9. The van der Waals surface area contributed by atoms with Gasteiger partial charge in [-0.25, -0.2) is 9.78 Å². The summed E-state index contributed by atoms with van der Waals surface area (Å²) in [5.74, 6) is -0.0766. The van der Waals surface area contributed by atoms with Crippen LogP contribution in [0.5, 0.6) is 0 Å². The number of aromatic nitrogens is 3. The Bertz CT molecular complexity index is 1140. The fourth-order valence-corrected chi connectivity index (χ4v) is 2.85. The Hall–Kier alpha value is -3.20. The third kappa shape index (κ3) is 4.85. The van der Waals surface area contributed by atoms with Crippen LogP contribution in [0.1, 0.15) is 11.1 Å². The lowest BCUT2D eigenvalue weighted by Crippen LogP contribution is -2.23. The Labute approximate surface area is 174 Å². The van der Waals surface area contributed by atoms with Gasteiger partial charge in [0.15, 0.2) is 5.82 Å². The summed E-state index contributed by atoms with van der Waals surface area (Å²) >= 11 is 6.25. The number of rotatable bonds is 4. The van der Waals surface area contributed by atoms with E-state index in [1.54, 1.807) is 32.3 Å². The quantitative estimate of drug-likeness (QED) is 0.674. The number of nitrogens with one attached hydrogen (secondary N) is 1. The molecule has 1 heterocycles. The SMILES string of the molecule is CN(C)C(=O)Cc1ccc(Cl)c(-c2nc(-c3ccc(C(F)(F)F)cc3)nc(=O)[nH]2)c1. The van der Waals surface area contributed by atoms with Crippen LogP contribution in [0.2, 0.25) is 5.02 Å². The molecule has 2 aromatic carbocycles. The molecule has 0 atom stereocenters. The summed E-state index contributed by atoms with van der Waals surface area (Å²) in [6.45, 7) is 0. The molecular weight excluding hydrogens is 421 g/mol. The molecule has 0 fully saturated rings. The molecule has 0 aliphatic heterocycles. The van der Waals surface area contributed by atoms with E-state index in [4.69, 9.17) is 11.6 Å². The van der Waals surface area contributed by atoms with Crippen molar-refractivity contribution >= 4 is 17.5 Å². The van der Waals surface area contributed by atoms with Gasteiger partial charge in [-0.3, -0.25) is 9.78 Å². The van der Waals surface area contributed by atoms with Crippen molar-refractivity contribution in [3.63, 3.8) is 0 Å². The van der Waals surface area contributed by atoms with Gasteiger partial charge in [0.2, 0.25) is 5.91 Å². The highest BCUT2D eigenvalue weighted by Gasteiger charge is 2.30. The highest BCUT2D eigenvalue weighted by Crippen LogP contribution is 2.31. The molecule has 0 radical (unpaired) electrons. The summed E-state index contributed by atoms with van der Waals surface area (Å²) in [5, 5.41) is 0.281.